The number of rotatable bonds is 10. The minimum absolute atomic E-state index is 0.156. The Bertz CT molecular complexity index is 1350. The molecule has 0 aliphatic rings. The maximum absolute atomic E-state index is 10.5. The van der Waals surface area contributed by atoms with Gasteiger partial charge in [-0.2, -0.15) is 0 Å². The first-order valence-corrected chi connectivity index (χ1v) is 12.0. The number of hydrogen-bond donors (Lipinski definition) is 2. The monoisotopic (exact) mass is 486 g/mol. The molecule has 0 spiro atoms. The van der Waals surface area contributed by atoms with Gasteiger partial charge in [0.15, 0.2) is 0 Å². The third-order valence-electron chi connectivity index (χ3n) is 6.19. The molecule has 2 unspecified atom stereocenters. The first-order valence-electron chi connectivity index (χ1n) is 12.0. The second kappa shape index (κ2) is 10.4. The number of nitrogens with zero attached hydrogens (tertiary/aromatic N) is 4. The highest BCUT2D eigenvalue weighted by Crippen LogP contribution is 2.20. The van der Waals surface area contributed by atoms with Crippen molar-refractivity contribution in [2.75, 3.05) is 13.2 Å². The van der Waals surface area contributed by atoms with Crippen molar-refractivity contribution in [3.63, 3.8) is 0 Å². The quantitative estimate of drug-likeness (QED) is 0.311. The maximum atomic E-state index is 10.5. The standard InChI is InChI=1S/C28H30N4O4/c1-19-29-25-7-3-5-9-27(25)31(19)15-21(33)17-35-23-11-13-24(14-12-23)36-18-22(34)16-32-20(2)30-26-8-4-6-10-28(26)32/h3-14,21-22,33-34H,15-18H2,1-2H3. The van der Waals surface area contributed by atoms with E-state index in [2.05, 4.69) is 9.97 Å². The number of imidazole rings is 2. The van der Waals surface area contributed by atoms with Crippen LogP contribution in [-0.2, 0) is 13.1 Å². The van der Waals surface area contributed by atoms with Gasteiger partial charge in [-0.1, -0.05) is 24.3 Å². The van der Waals surface area contributed by atoms with Crippen LogP contribution >= 0.6 is 0 Å². The largest absolute Gasteiger partial charge is 0.491 e. The highest BCUT2D eigenvalue weighted by atomic mass is 16.5. The lowest BCUT2D eigenvalue weighted by Crippen LogP contribution is -2.24. The average Bonchev–Trinajstić information content (AvgIpc) is 3.37. The molecule has 5 rings (SSSR count). The van der Waals surface area contributed by atoms with E-state index in [0.29, 0.717) is 24.6 Å². The molecule has 0 bridgehead atoms. The molecule has 2 aromatic heterocycles. The van der Waals surface area contributed by atoms with Gasteiger partial charge in [-0.25, -0.2) is 9.97 Å². The molecule has 0 aliphatic carbocycles. The number of aryl methyl sites for hydroxylation is 2. The average molecular weight is 487 g/mol. The van der Waals surface area contributed by atoms with E-state index < -0.39 is 12.2 Å². The molecule has 2 N–H and O–H groups in total. The Balaban J connectivity index is 1.11. The second-order valence-electron chi connectivity index (χ2n) is 8.92. The molecule has 0 amide bonds. The number of aliphatic hydroxyl groups is 2. The zero-order valence-electron chi connectivity index (χ0n) is 20.4. The Hall–Kier alpha value is -3.88. The summed E-state index contributed by atoms with van der Waals surface area (Å²) in [4.78, 5) is 9.07. The van der Waals surface area contributed by atoms with E-state index in [0.717, 1.165) is 33.7 Å². The summed E-state index contributed by atoms with van der Waals surface area (Å²) >= 11 is 0. The Kier molecular flexibility index (Phi) is 6.88. The zero-order valence-corrected chi connectivity index (χ0v) is 20.4. The number of para-hydroxylation sites is 4. The summed E-state index contributed by atoms with van der Waals surface area (Å²) in [7, 11) is 0. The van der Waals surface area contributed by atoms with Crippen LogP contribution in [0, 0.1) is 13.8 Å². The molecule has 2 atom stereocenters. The SMILES string of the molecule is Cc1nc2ccccc2n1CC(O)COc1ccc(OCC(O)Cn2c(C)nc3ccccc32)cc1. The third-order valence-corrected chi connectivity index (χ3v) is 6.19. The number of aliphatic hydroxyl groups excluding tert-OH is 2. The number of ether oxygens (including phenoxy) is 2. The topological polar surface area (TPSA) is 94.6 Å². The predicted octanol–water partition coefficient (Wildman–Crippen LogP) is 3.88. The van der Waals surface area contributed by atoms with E-state index in [-0.39, 0.29) is 13.2 Å². The van der Waals surface area contributed by atoms with Crippen LogP contribution in [0.2, 0.25) is 0 Å². The molecule has 3 aromatic carbocycles. The zero-order chi connectivity index (χ0) is 25.1. The first-order chi connectivity index (χ1) is 17.5. The molecule has 186 valence electrons. The third kappa shape index (κ3) is 5.19. The van der Waals surface area contributed by atoms with E-state index in [1.807, 2.05) is 71.5 Å². The first kappa shape index (κ1) is 23.8. The molecular formula is C28H30N4O4. The van der Waals surface area contributed by atoms with E-state index in [9.17, 15) is 10.2 Å². The number of aromatic nitrogens is 4. The van der Waals surface area contributed by atoms with Crippen LogP contribution in [0.3, 0.4) is 0 Å². The minimum atomic E-state index is -0.685. The summed E-state index contributed by atoms with van der Waals surface area (Å²) < 4.78 is 15.5. The van der Waals surface area contributed by atoms with Gasteiger partial charge in [-0.3, -0.25) is 0 Å². The van der Waals surface area contributed by atoms with Gasteiger partial charge in [-0.05, 0) is 62.4 Å². The molecule has 0 saturated carbocycles. The molecular weight excluding hydrogens is 456 g/mol. The molecule has 8 nitrogen and oxygen atoms in total. The van der Waals surface area contributed by atoms with Crippen LogP contribution in [0.4, 0.5) is 0 Å². The van der Waals surface area contributed by atoms with Crippen LogP contribution in [0.15, 0.2) is 72.8 Å². The molecule has 8 heteroatoms. The summed E-state index contributed by atoms with van der Waals surface area (Å²) in [6.45, 7) is 4.98. The minimum Gasteiger partial charge on any atom is -0.491 e. The Morgan fingerprint density at radius 2 is 1.03 bits per heavy atom. The normalized spacial score (nSPS) is 13.2. The fraction of sp³-hybridized carbons (Fsp3) is 0.286. The fourth-order valence-electron chi connectivity index (χ4n) is 4.40. The molecule has 0 saturated heterocycles. The van der Waals surface area contributed by atoms with E-state index in [1.54, 1.807) is 24.3 Å². The van der Waals surface area contributed by atoms with Crippen LogP contribution in [0.1, 0.15) is 11.6 Å². The van der Waals surface area contributed by atoms with Gasteiger partial charge in [0.25, 0.3) is 0 Å². The maximum Gasteiger partial charge on any atom is 0.119 e. The van der Waals surface area contributed by atoms with Crippen molar-refractivity contribution in [3.8, 4) is 11.5 Å². The molecule has 36 heavy (non-hydrogen) atoms. The number of benzene rings is 3. The summed E-state index contributed by atoms with van der Waals surface area (Å²) in [6.07, 6.45) is -1.37. The van der Waals surface area contributed by atoms with Gasteiger partial charge in [-0.15, -0.1) is 0 Å². The highest BCUT2D eigenvalue weighted by molar-refractivity contribution is 5.76. The lowest BCUT2D eigenvalue weighted by atomic mass is 10.3. The Morgan fingerprint density at radius 3 is 1.44 bits per heavy atom. The Morgan fingerprint density at radius 1 is 0.639 bits per heavy atom. The Labute approximate surface area is 209 Å². The van der Waals surface area contributed by atoms with Crippen molar-refractivity contribution < 1.29 is 19.7 Å². The van der Waals surface area contributed by atoms with Gasteiger partial charge in [0.2, 0.25) is 0 Å². The van der Waals surface area contributed by atoms with Crippen molar-refractivity contribution >= 4 is 22.1 Å². The molecule has 5 aromatic rings. The van der Waals surface area contributed by atoms with Gasteiger partial charge in [0, 0.05) is 0 Å². The van der Waals surface area contributed by atoms with Gasteiger partial charge >= 0.3 is 0 Å². The summed E-state index contributed by atoms with van der Waals surface area (Å²) in [5.74, 6) is 2.98. The van der Waals surface area contributed by atoms with Crippen LogP contribution < -0.4 is 9.47 Å². The smallest absolute Gasteiger partial charge is 0.119 e. The lowest BCUT2D eigenvalue weighted by molar-refractivity contribution is 0.0911. The van der Waals surface area contributed by atoms with Gasteiger partial charge in [0.1, 0.15) is 48.6 Å². The van der Waals surface area contributed by atoms with Gasteiger partial charge < -0.3 is 28.8 Å². The van der Waals surface area contributed by atoms with Crippen LogP contribution in [0.25, 0.3) is 22.1 Å². The summed E-state index contributed by atoms with van der Waals surface area (Å²) in [5.41, 5.74) is 3.82. The van der Waals surface area contributed by atoms with E-state index in [1.165, 1.54) is 0 Å². The van der Waals surface area contributed by atoms with Gasteiger partial charge in [0.05, 0.1) is 35.2 Å². The van der Waals surface area contributed by atoms with Crippen molar-refractivity contribution in [3.05, 3.63) is 84.4 Å². The lowest BCUT2D eigenvalue weighted by Gasteiger charge is -2.16. The fourth-order valence-corrected chi connectivity index (χ4v) is 4.40. The predicted molar refractivity (Wildman–Crippen MR) is 138 cm³/mol. The molecule has 0 fully saturated rings. The van der Waals surface area contributed by atoms with Crippen LogP contribution in [0.5, 0.6) is 11.5 Å². The van der Waals surface area contributed by atoms with Crippen LogP contribution in [-0.4, -0.2) is 54.7 Å². The summed E-state index contributed by atoms with van der Waals surface area (Å²) in [5, 5.41) is 21.0. The molecule has 0 radical (unpaired) electrons. The number of hydrogen-bond acceptors (Lipinski definition) is 6. The molecule has 2 heterocycles. The second-order valence-corrected chi connectivity index (χ2v) is 8.92. The number of fused-ring (bicyclic) bond motifs is 2. The van der Waals surface area contributed by atoms with Crippen molar-refractivity contribution in [2.45, 2.75) is 39.1 Å². The van der Waals surface area contributed by atoms with E-state index in [4.69, 9.17) is 9.47 Å². The van der Waals surface area contributed by atoms with Crippen molar-refractivity contribution in [1.82, 2.24) is 19.1 Å². The van der Waals surface area contributed by atoms with Crippen molar-refractivity contribution in [2.24, 2.45) is 0 Å². The van der Waals surface area contributed by atoms with E-state index >= 15 is 0 Å². The summed E-state index contributed by atoms with van der Waals surface area (Å²) in [6, 6.07) is 22.9. The molecule has 0 aliphatic heterocycles. The van der Waals surface area contributed by atoms with Crippen molar-refractivity contribution in [1.29, 1.82) is 0 Å². The highest BCUT2D eigenvalue weighted by Gasteiger charge is 2.14.